The molecule has 1 aliphatic carbocycles. The van der Waals surface area contributed by atoms with Crippen LogP contribution in [0.15, 0.2) is 30.5 Å². The summed E-state index contributed by atoms with van der Waals surface area (Å²) in [5.41, 5.74) is 1.21. The van der Waals surface area contributed by atoms with Gasteiger partial charge in [-0.15, -0.1) is 11.3 Å². The molecule has 0 radical (unpaired) electrons. The number of aliphatic hydroxyl groups excluding tert-OH is 1. The predicted molar refractivity (Wildman–Crippen MR) is 96.3 cm³/mol. The molecule has 3 N–H and O–H groups in total. The molecule has 1 heterocycles. The monoisotopic (exact) mass is 399 g/mol. The van der Waals surface area contributed by atoms with Crippen molar-refractivity contribution in [2.75, 3.05) is 6.67 Å². The van der Waals surface area contributed by atoms with E-state index in [0.717, 1.165) is 22.0 Å². The number of amides is 1. The Morgan fingerprint density at radius 3 is 2.59 bits per heavy atom. The van der Waals surface area contributed by atoms with Gasteiger partial charge in [0.1, 0.15) is 17.8 Å². The maximum Gasteiger partial charge on any atom is 0.315 e. The van der Waals surface area contributed by atoms with Crippen LogP contribution >= 0.6 is 11.3 Å². The Bertz CT molecular complexity index is 765. The zero-order chi connectivity index (χ0) is 19.4. The molecule has 9 heteroatoms. The summed E-state index contributed by atoms with van der Waals surface area (Å²) in [5, 5.41) is 16.4. The second-order valence-corrected chi connectivity index (χ2v) is 7.53. The van der Waals surface area contributed by atoms with E-state index in [9.17, 15) is 23.1 Å². The standard InChI is InChI=1S/C18H20F3N3O2S/c19-7-13(24-18(26)17(20)21)16(25)11-3-1-10(2-4-11)14-8-23-15(27-14)9-22-12-5-6-12/h1-4,8,12-13,16-17,22,25H,5-7,9H2,(H,24,26)/t13-,16+/m1/s1. The smallest absolute Gasteiger partial charge is 0.315 e. The van der Waals surface area contributed by atoms with Crippen molar-refractivity contribution >= 4 is 17.2 Å². The number of hydrogen-bond donors (Lipinski definition) is 3. The number of nitrogens with zero attached hydrogens (tertiary/aromatic N) is 1. The minimum atomic E-state index is -3.26. The van der Waals surface area contributed by atoms with Gasteiger partial charge in [-0.25, -0.2) is 9.37 Å². The van der Waals surface area contributed by atoms with Crippen LogP contribution in [0, 0.1) is 0 Å². The minimum Gasteiger partial charge on any atom is -0.386 e. The van der Waals surface area contributed by atoms with E-state index in [4.69, 9.17) is 0 Å². The molecule has 0 spiro atoms. The highest BCUT2D eigenvalue weighted by Gasteiger charge is 2.26. The third-order valence-corrected chi connectivity index (χ3v) is 5.33. The molecule has 146 valence electrons. The number of rotatable bonds is 9. The lowest BCUT2D eigenvalue weighted by molar-refractivity contribution is -0.133. The molecule has 1 amide bonds. The topological polar surface area (TPSA) is 74.2 Å². The zero-order valence-electron chi connectivity index (χ0n) is 14.4. The van der Waals surface area contributed by atoms with Gasteiger partial charge < -0.3 is 15.7 Å². The molecule has 27 heavy (non-hydrogen) atoms. The highest BCUT2D eigenvalue weighted by atomic mass is 32.1. The number of hydrogen-bond acceptors (Lipinski definition) is 5. The van der Waals surface area contributed by atoms with Gasteiger partial charge in [-0.1, -0.05) is 24.3 Å². The van der Waals surface area contributed by atoms with Crippen molar-refractivity contribution < 1.29 is 23.1 Å². The van der Waals surface area contributed by atoms with Crippen LogP contribution in [0.25, 0.3) is 10.4 Å². The van der Waals surface area contributed by atoms with E-state index in [1.54, 1.807) is 41.8 Å². The highest BCUT2D eigenvalue weighted by Crippen LogP contribution is 2.29. The fourth-order valence-corrected chi connectivity index (χ4v) is 3.44. The molecule has 0 bridgehead atoms. The summed E-state index contributed by atoms with van der Waals surface area (Å²) in [6.07, 6.45) is -0.498. The number of aromatic nitrogens is 1. The molecule has 2 atom stereocenters. The summed E-state index contributed by atoms with van der Waals surface area (Å²) in [4.78, 5) is 16.4. The lowest BCUT2D eigenvalue weighted by Gasteiger charge is -2.21. The molecule has 1 aromatic heterocycles. The van der Waals surface area contributed by atoms with E-state index in [1.165, 1.54) is 12.8 Å². The summed E-state index contributed by atoms with van der Waals surface area (Å²) in [6.45, 7) is -0.429. The minimum absolute atomic E-state index is 0.330. The van der Waals surface area contributed by atoms with Crippen LogP contribution < -0.4 is 10.6 Å². The number of nitrogens with one attached hydrogen (secondary N) is 2. The van der Waals surface area contributed by atoms with E-state index in [2.05, 4.69) is 10.3 Å². The average molecular weight is 399 g/mol. The molecule has 3 rings (SSSR count). The van der Waals surface area contributed by atoms with Crippen LogP contribution in [0.2, 0.25) is 0 Å². The molecule has 1 saturated carbocycles. The molecule has 0 saturated heterocycles. The molecule has 1 aliphatic rings. The first-order chi connectivity index (χ1) is 13.0. The summed E-state index contributed by atoms with van der Waals surface area (Å²) >= 11 is 1.56. The molecular weight excluding hydrogens is 379 g/mol. The third-order valence-electron chi connectivity index (χ3n) is 4.28. The van der Waals surface area contributed by atoms with Gasteiger partial charge in [-0.3, -0.25) is 4.79 Å². The maximum atomic E-state index is 13.1. The highest BCUT2D eigenvalue weighted by molar-refractivity contribution is 7.15. The summed E-state index contributed by atoms with van der Waals surface area (Å²) in [6, 6.07) is 5.83. The molecule has 1 fully saturated rings. The van der Waals surface area contributed by atoms with Gasteiger partial charge >= 0.3 is 6.43 Å². The first-order valence-corrected chi connectivity index (χ1v) is 9.40. The quantitative estimate of drug-likeness (QED) is 0.606. The van der Waals surface area contributed by atoms with Gasteiger partial charge in [0.2, 0.25) is 0 Å². The fraction of sp³-hybridized carbons (Fsp3) is 0.444. The summed E-state index contributed by atoms with van der Waals surface area (Å²) in [5.74, 6) is -1.61. The van der Waals surface area contributed by atoms with E-state index >= 15 is 0 Å². The number of aliphatic hydroxyl groups is 1. The maximum absolute atomic E-state index is 13.1. The van der Waals surface area contributed by atoms with Crippen molar-refractivity contribution in [3.63, 3.8) is 0 Å². The zero-order valence-corrected chi connectivity index (χ0v) is 15.2. The van der Waals surface area contributed by atoms with Crippen LogP contribution in [-0.2, 0) is 11.3 Å². The van der Waals surface area contributed by atoms with Crippen molar-refractivity contribution in [1.82, 2.24) is 15.6 Å². The Hall–Kier alpha value is -1.97. The first-order valence-electron chi connectivity index (χ1n) is 8.59. The van der Waals surface area contributed by atoms with Crippen molar-refractivity contribution in [2.24, 2.45) is 0 Å². The van der Waals surface area contributed by atoms with Crippen LogP contribution in [0.3, 0.4) is 0 Å². The fourth-order valence-electron chi connectivity index (χ4n) is 2.57. The summed E-state index contributed by atoms with van der Waals surface area (Å²) in [7, 11) is 0. The Morgan fingerprint density at radius 2 is 2.00 bits per heavy atom. The predicted octanol–water partition coefficient (Wildman–Crippen LogP) is 2.81. The van der Waals surface area contributed by atoms with E-state index < -0.39 is 31.2 Å². The van der Waals surface area contributed by atoms with Gasteiger partial charge in [-0.2, -0.15) is 8.78 Å². The number of carbonyl (C=O) groups is 1. The Balaban J connectivity index is 1.64. The molecule has 1 aromatic carbocycles. The molecule has 0 unspecified atom stereocenters. The lowest BCUT2D eigenvalue weighted by atomic mass is 10.0. The number of halogens is 3. The third kappa shape index (κ3) is 5.27. The van der Waals surface area contributed by atoms with Gasteiger partial charge in [0.25, 0.3) is 5.91 Å². The molecule has 5 nitrogen and oxygen atoms in total. The molecular formula is C18H20F3N3O2S. The largest absolute Gasteiger partial charge is 0.386 e. The molecule has 0 aliphatic heterocycles. The van der Waals surface area contributed by atoms with E-state index in [0.29, 0.717) is 11.6 Å². The SMILES string of the molecule is O=C(N[C@H](CF)[C@@H](O)c1ccc(-c2cnc(CNC3CC3)s2)cc1)C(F)F. The van der Waals surface area contributed by atoms with Crippen molar-refractivity contribution in [2.45, 2.75) is 44.0 Å². The first kappa shape index (κ1) is 19.8. The normalized spacial score (nSPS) is 16.3. The van der Waals surface area contributed by atoms with Crippen molar-refractivity contribution in [1.29, 1.82) is 0 Å². The Kier molecular flexibility index (Phi) is 6.46. The summed E-state index contributed by atoms with van der Waals surface area (Å²) < 4.78 is 37.7. The Labute approximate surface area is 158 Å². The van der Waals surface area contributed by atoms with Gasteiger partial charge in [0.15, 0.2) is 0 Å². The van der Waals surface area contributed by atoms with Crippen LogP contribution in [0.5, 0.6) is 0 Å². The number of carbonyl (C=O) groups excluding carboxylic acids is 1. The van der Waals surface area contributed by atoms with Crippen molar-refractivity contribution in [3.8, 4) is 10.4 Å². The van der Waals surface area contributed by atoms with E-state index in [-0.39, 0.29) is 0 Å². The molecule has 2 aromatic rings. The van der Waals surface area contributed by atoms with Crippen LogP contribution in [-0.4, -0.2) is 41.2 Å². The van der Waals surface area contributed by atoms with Crippen molar-refractivity contribution in [3.05, 3.63) is 41.0 Å². The number of benzene rings is 1. The lowest BCUT2D eigenvalue weighted by Crippen LogP contribution is -2.43. The van der Waals surface area contributed by atoms with Crippen LogP contribution in [0.4, 0.5) is 13.2 Å². The average Bonchev–Trinajstić information content (AvgIpc) is 3.39. The van der Waals surface area contributed by atoms with Crippen LogP contribution in [0.1, 0.15) is 29.5 Å². The van der Waals surface area contributed by atoms with Gasteiger partial charge in [0, 0.05) is 18.8 Å². The van der Waals surface area contributed by atoms with E-state index in [1.807, 2.05) is 5.32 Å². The second-order valence-electron chi connectivity index (χ2n) is 6.41. The number of alkyl halides is 3. The second kappa shape index (κ2) is 8.81. The Morgan fingerprint density at radius 1 is 1.30 bits per heavy atom. The number of thiazole rings is 1. The van der Waals surface area contributed by atoms with Gasteiger partial charge in [0.05, 0.1) is 10.9 Å². The van der Waals surface area contributed by atoms with Gasteiger partial charge in [-0.05, 0) is 24.0 Å².